The minimum Gasteiger partial charge on any atom is -0.494 e. The zero-order valence-corrected chi connectivity index (χ0v) is 11.1. The number of aromatic nitrogens is 1. The van der Waals surface area contributed by atoms with Crippen molar-refractivity contribution in [3.8, 4) is 5.75 Å². The molecule has 2 rings (SSSR count). The molecule has 0 radical (unpaired) electrons. The highest BCUT2D eigenvalue weighted by molar-refractivity contribution is 5.29. The molecule has 1 aromatic carbocycles. The monoisotopic (exact) mass is 260 g/mol. The summed E-state index contributed by atoms with van der Waals surface area (Å²) in [7, 11) is 1.46. The highest BCUT2D eigenvalue weighted by atomic mass is 19.1. The summed E-state index contributed by atoms with van der Waals surface area (Å²) < 4.78 is 18.4. The number of rotatable bonds is 5. The quantitative estimate of drug-likeness (QED) is 0.897. The van der Waals surface area contributed by atoms with Gasteiger partial charge in [-0.1, -0.05) is 12.1 Å². The number of hydrogen-bond donors (Lipinski definition) is 1. The normalized spacial score (nSPS) is 12.2. The van der Waals surface area contributed by atoms with Crippen LogP contribution in [0.3, 0.4) is 0 Å². The van der Waals surface area contributed by atoms with Crippen LogP contribution in [-0.2, 0) is 6.54 Å². The van der Waals surface area contributed by atoms with Crippen LogP contribution in [0.4, 0.5) is 4.39 Å². The first-order valence-corrected chi connectivity index (χ1v) is 6.17. The number of benzene rings is 1. The number of nitrogens with one attached hydrogen (secondary N) is 1. The third kappa shape index (κ3) is 3.51. The molecule has 1 N–H and O–H groups in total. The zero-order valence-electron chi connectivity index (χ0n) is 11.1. The Hall–Kier alpha value is -1.94. The first kappa shape index (κ1) is 13.5. The van der Waals surface area contributed by atoms with Crippen LogP contribution in [0.5, 0.6) is 5.75 Å². The highest BCUT2D eigenvalue weighted by Gasteiger charge is 2.07. The minimum atomic E-state index is -0.340. The van der Waals surface area contributed by atoms with E-state index in [0.717, 1.165) is 11.3 Å². The average Bonchev–Trinajstić information content (AvgIpc) is 2.46. The van der Waals surface area contributed by atoms with Gasteiger partial charge in [-0.25, -0.2) is 4.39 Å². The van der Waals surface area contributed by atoms with Crippen LogP contribution >= 0.6 is 0 Å². The van der Waals surface area contributed by atoms with E-state index in [-0.39, 0.29) is 17.6 Å². The fourth-order valence-corrected chi connectivity index (χ4v) is 1.83. The van der Waals surface area contributed by atoms with E-state index in [1.807, 2.05) is 31.2 Å². The molecule has 0 bridgehead atoms. The Labute approximate surface area is 112 Å². The van der Waals surface area contributed by atoms with Gasteiger partial charge in [-0.15, -0.1) is 0 Å². The maximum atomic E-state index is 13.5. The molecule has 0 aliphatic heterocycles. The Morgan fingerprint density at radius 2 is 2.16 bits per heavy atom. The molecule has 1 aromatic heterocycles. The summed E-state index contributed by atoms with van der Waals surface area (Å²) in [6, 6.07) is 10.9. The molecule has 2 aromatic rings. The van der Waals surface area contributed by atoms with Gasteiger partial charge in [-0.3, -0.25) is 4.98 Å². The Morgan fingerprint density at radius 1 is 1.32 bits per heavy atom. The molecule has 1 atom stereocenters. The molecule has 0 aliphatic carbocycles. The fourth-order valence-electron chi connectivity index (χ4n) is 1.83. The molecule has 0 aliphatic rings. The molecule has 19 heavy (non-hydrogen) atoms. The minimum absolute atomic E-state index is 0.117. The molecule has 0 saturated carbocycles. The predicted molar refractivity (Wildman–Crippen MR) is 72.4 cm³/mol. The second-order valence-electron chi connectivity index (χ2n) is 4.33. The van der Waals surface area contributed by atoms with Gasteiger partial charge < -0.3 is 10.1 Å². The van der Waals surface area contributed by atoms with Crippen LogP contribution in [0, 0.1) is 5.82 Å². The van der Waals surface area contributed by atoms with Gasteiger partial charge in [0.1, 0.15) is 0 Å². The van der Waals surface area contributed by atoms with Crippen molar-refractivity contribution in [2.75, 3.05) is 7.11 Å². The van der Waals surface area contributed by atoms with E-state index >= 15 is 0 Å². The summed E-state index contributed by atoms with van der Waals surface area (Å²) in [5.41, 5.74) is 1.84. The van der Waals surface area contributed by atoms with Crippen LogP contribution in [0.1, 0.15) is 24.2 Å². The van der Waals surface area contributed by atoms with Crippen LogP contribution in [0.2, 0.25) is 0 Å². The fraction of sp³-hybridized carbons (Fsp3) is 0.267. The van der Waals surface area contributed by atoms with Gasteiger partial charge in [0.05, 0.1) is 12.8 Å². The zero-order chi connectivity index (χ0) is 13.7. The lowest BCUT2D eigenvalue weighted by Crippen LogP contribution is -2.19. The molecule has 0 fully saturated rings. The lowest BCUT2D eigenvalue weighted by atomic mass is 10.1. The second kappa shape index (κ2) is 6.29. The van der Waals surface area contributed by atoms with Crippen LogP contribution < -0.4 is 10.1 Å². The van der Waals surface area contributed by atoms with Crippen LogP contribution in [-0.4, -0.2) is 12.1 Å². The van der Waals surface area contributed by atoms with E-state index < -0.39 is 0 Å². The maximum Gasteiger partial charge on any atom is 0.165 e. The Morgan fingerprint density at radius 3 is 2.79 bits per heavy atom. The summed E-state index contributed by atoms with van der Waals surface area (Å²) in [4.78, 5) is 4.28. The molecular weight excluding hydrogens is 243 g/mol. The highest BCUT2D eigenvalue weighted by Crippen LogP contribution is 2.18. The molecule has 0 saturated heterocycles. The van der Waals surface area contributed by atoms with Gasteiger partial charge >= 0.3 is 0 Å². The van der Waals surface area contributed by atoms with Gasteiger partial charge in [-0.05, 0) is 36.8 Å². The molecule has 0 spiro atoms. The Bertz CT molecular complexity index is 531. The van der Waals surface area contributed by atoms with Gasteiger partial charge in [0, 0.05) is 18.8 Å². The molecule has 100 valence electrons. The van der Waals surface area contributed by atoms with E-state index in [4.69, 9.17) is 4.74 Å². The van der Waals surface area contributed by atoms with Gasteiger partial charge in [-0.2, -0.15) is 0 Å². The van der Waals surface area contributed by atoms with Gasteiger partial charge in [0.2, 0.25) is 0 Å². The number of ether oxygens (including phenoxy) is 1. The lowest BCUT2D eigenvalue weighted by molar-refractivity contribution is 0.386. The number of methoxy groups -OCH3 is 1. The predicted octanol–water partition coefficient (Wildman–Crippen LogP) is 3.08. The van der Waals surface area contributed by atoms with Crippen molar-refractivity contribution >= 4 is 0 Å². The number of halogens is 1. The van der Waals surface area contributed by atoms with E-state index in [1.165, 1.54) is 13.2 Å². The summed E-state index contributed by atoms with van der Waals surface area (Å²) in [5.74, 6) is -0.0752. The second-order valence-corrected chi connectivity index (χ2v) is 4.33. The summed E-state index contributed by atoms with van der Waals surface area (Å²) in [5, 5.41) is 3.31. The van der Waals surface area contributed by atoms with Crippen molar-refractivity contribution in [3.63, 3.8) is 0 Å². The molecule has 3 nitrogen and oxygen atoms in total. The third-order valence-electron chi connectivity index (χ3n) is 2.96. The van der Waals surface area contributed by atoms with Crippen molar-refractivity contribution in [1.29, 1.82) is 0 Å². The van der Waals surface area contributed by atoms with Crippen molar-refractivity contribution in [1.82, 2.24) is 10.3 Å². The average molecular weight is 260 g/mol. The smallest absolute Gasteiger partial charge is 0.165 e. The van der Waals surface area contributed by atoms with Crippen LogP contribution in [0.15, 0.2) is 42.6 Å². The molecule has 0 amide bonds. The third-order valence-corrected chi connectivity index (χ3v) is 2.96. The number of hydrogen-bond acceptors (Lipinski definition) is 3. The van der Waals surface area contributed by atoms with E-state index in [2.05, 4.69) is 10.3 Å². The van der Waals surface area contributed by atoms with E-state index in [9.17, 15) is 4.39 Å². The van der Waals surface area contributed by atoms with Crippen molar-refractivity contribution in [2.24, 2.45) is 0 Å². The first-order valence-electron chi connectivity index (χ1n) is 6.17. The van der Waals surface area contributed by atoms with Crippen molar-refractivity contribution < 1.29 is 9.13 Å². The molecular formula is C15H17FN2O. The standard InChI is InChI=1S/C15H17FN2O/c1-11(14-5-3-4-8-17-14)18-10-12-6-7-15(19-2)13(16)9-12/h3-9,11,18H,10H2,1-2H3. The van der Waals surface area contributed by atoms with Gasteiger partial charge in [0.25, 0.3) is 0 Å². The first-order chi connectivity index (χ1) is 9.20. The molecule has 4 heteroatoms. The number of pyridine rings is 1. The van der Waals surface area contributed by atoms with E-state index in [1.54, 1.807) is 12.3 Å². The van der Waals surface area contributed by atoms with Crippen molar-refractivity contribution in [2.45, 2.75) is 19.5 Å². The largest absolute Gasteiger partial charge is 0.494 e. The van der Waals surface area contributed by atoms with Crippen LogP contribution in [0.25, 0.3) is 0 Å². The summed E-state index contributed by atoms with van der Waals surface area (Å²) in [6.45, 7) is 2.61. The summed E-state index contributed by atoms with van der Waals surface area (Å²) in [6.07, 6.45) is 1.76. The Kier molecular flexibility index (Phi) is 4.47. The molecule has 1 unspecified atom stereocenters. The van der Waals surface area contributed by atoms with Gasteiger partial charge in [0.15, 0.2) is 11.6 Å². The van der Waals surface area contributed by atoms with Crippen molar-refractivity contribution in [3.05, 3.63) is 59.7 Å². The Balaban J connectivity index is 1.97. The number of nitrogens with zero attached hydrogens (tertiary/aromatic N) is 1. The summed E-state index contributed by atoms with van der Waals surface area (Å²) >= 11 is 0. The maximum absolute atomic E-state index is 13.5. The van der Waals surface area contributed by atoms with E-state index in [0.29, 0.717) is 6.54 Å². The lowest BCUT2D eigenvalue weighted by Gasteiger charge is -2.13. The SMILES string of the molecule is COc1ccc(CNC(C)c2ccccn2)cc1F. The topological polar surface area (TPSA) is 34.1 Å². The molecule has 1 heterocycles.